The van der Waals surface area contributed by atoms with Gasteiger partial charge < -0.3 is 14.4 Å². The Labute approximate surface area is 136 Å². The number of benzene rings is 2. The molecule has 2 aromatic rings. The lowest BCUT2D eigenvalue weighted by atomic mass is 10.1. The van der Waals surface area contributed by atoms with Gasteiger partial charge in [-0.3, -0.25) is 0 Å². The molecule has 1 aliphatic rings. The summed E-state index contributed by atoms with van der Waals surface area (Å²) in [4.78, 5) is 14.1. The maximum Gasteiger partial charge on any atom is 0.415 e. The van der Waals surface area contributed by atoms with Gasteiger partial charge in [0.25, 0.3) is 0 Å². The Balaban J connectivity index is 1.70. The lowest BCUT2D eigenvalue weighted by Crippen LogP contribution is -2.47. The molecule has 4 nitrogen and oxygen atoms in total. The topological polar surface area (TPSA) is 38.8 Å². The van der Waals surface area contributed by atoms with Crippen LogP contribution in [0.15, 0.2) is 54.6 Å². The molecule has 2 aromatic carbocycles. The Kier molecular flexibility index (Phi) is 4.63. The molecule has 2 atom stereocenters. The molecule has 0 spiro atoms. The van der Waals surface area contributed by atoms with E-state index in [0.717, 1.165) is 5.56 Å². The summed E-state index contributed by atoms with van der Waals surface area (Å²) in [5.74, 6) is 0.559. The number of carbonyl (C=O) groups is 1. The number of hydrogen-bond donors (Lipinski definition) is 0. The molecule has 0 N–H and O–H groups in total. The Morgan fingerprint density at radius 2 is 1.78 bits per heavy atom. The van der Waals surface area contributed by atoms with Crippen molar-refractivity contribution in [1.82, 2.24) is 4.90 Å². The molecule has 1 amide bonds. The molecule has 0 bridgehead atoms. The van der Waals surface area contributed by atoms with Crippen molar-refractivity contribution in [1.29, 1.82) is 0 Å². The normalized spacial score (nSPS) is 21.0. The first-order chi connectivity index (χ1) is 11.1. The largest absolute Gasteiger partial charge is 0.415 e. The molecule has 1 saturated heterocycles. The van der Waals surface area contributed by atoms with E-state index in [9.17, 15) is 4.79 Å². The first kappa shape index (κ1) is 15.6. The second kappa shape index (κ2) is 6.84. The number of rotatable bonds is 2. The molecule has 3 rings (SSSR count). The van der Waals surface area contributed by atoms with Gasteiger partial charge in [0.15, 0.2) is 0 Å². The van der Waals surface area contributed by atoms with Gasteiger partial charge >= 0.3 is 6.09 Å². The lowest BCUT2D eigenvalue weighted by Gasteiger charge is -2.36. The van der Waals surface area contributed by atoms with Gasteiger partial charge in [0.1, 0.15) is 11.9 Å². The van der Waals surface area contributed by atoms with E-state index in [0.29, 0.717) is 18.8 Å². The quantitative estimate of drug-likeness (QED) is 0.843. The summed E-state index contributed by atoms with van der Waals surface area (Å²) in [5.41, 5.74) is 2.29. The molecule has 2 unspecified atom stereocenters. The van der Waals surface area contributed by atoms with Crippen molar-refractivity contribution in [3.05, 3.63) is 65.7 Å². The second-order valence-electron chi connectivity index (χ2n) is 5.93. The van der Waals surface area contributed by atoms with Crippen molar-refractivity contribution in [2.24, 2.45) is 0 Å². The van der Waals surface area contributed by atoms with Crippen molar-refractivity contribution in [3.63, 3.8) is 0 Å². The summed E-state index contributed by atoms with van der Waals surface area (Å²) < 4.78 is 11.4. The van der Waals surface area contributed by atoms with E-state index in [1.54, 1.807) is 17.0 Å². The van der Waals surface area contributed by atoms with Crippen molar-refractivity contribution in [3.8, 4) is 5.75 Å². The maximum absolute atomic E-state index is 12.4. The molecule has 1 aliphatic heterocycles. The van der Waals surface area contributed by atoms with Gasteiger partial charge in [0.05, 0.1) is 19.2 Å². The van der Waals surface area contributed by atoms with Crippen molar-refractivity contribution >= 4 is 6.09 Å². The molecule has 23 heavy (non-hydrogen) atoms. The third-order valence-electron chi connectivity index (χ3n) is 3.92. The highest BCUT2D eigenvalue weighted by atomic mass is 16.6. The number of amides is 1. The van der Waals surface area contributed by atoms with E-state index < -0.39 is 0 Å². The zero-order valence-corrected chi connectivity index (χ0v) is 13.4. The molecule has 1 fully saturated rings. The predicted molar refractivity (Wildman–Crippen MR) is 88.5 cm³/mol. The number of morpholine rings is 1. The van der Waals surface area contributed by atoms with Crippen LogP contribution in [0, 0.1) is 6.92 Å². The average molecular weight is 311 g/mol. The molecule has 0 aromatic heterocycles. The zero-order valence-electron chi connectivity index (χ0n) is 13.4. The molecule has 4 heteroatoms. The Morgan fingerprint density at radius 1 is 1.09 bits per heavy atom. The first-order valence-corrected chi connectivity index (χ1v) is 7.85. The Hall–Kier alpha value is -2.33. The lowest BCUT2D eigenvalue weighted by molar-refractivity contribution is -0.0700. The van der Waals surface area contributed by atoms with E-state index in [2.05, 4.69) is 31.2 Å². The van der Waals surface area contributed by atoms with Crippen LogP contribution in [0.25, 0.3) is 0 Å². The van der Waals surface area contributed by atoms with Gasteiger partial charge in [-0.1, -0.05) is 48.0 Å². The van der Waals surface area contributed by atoms with Gasteiger partial charge in [-0.05, 0) is 31.5 Å². The summed E-state index contributed by atoms with van der Waals surface area (Å²) in [6.45, 7) is 5.06. The smallest absolute Gasteiger partial charge is 0.410 e. The summed E-state index contributed by atoms with van der Waals surface area (Å²) in [5, 5.41) is 0. The van der Waals surface area contributed by atoms with E-state index in [1.165, 1.54) is 5.56 Å². The molecule has 0 aliphatic carbocycles. The fraction of sp³-hybridized carbons (Fsp3) is 0.316. The minimum atomic E-state index is -0.330. The molecular formula is C19H21NO3. The van der Waals surface area contributed by atoms with Gasteiger partial charge in [-0.25, -0.2) is 4.79 Å². The third-order valence-corrected chi connectivity index (χ3v) is 3.92. The summed E-state index contributed by atoms with van der Waals surface area (Å²) in [6.07, 6.45) is -0.482. The Morgan fingerprint density at radius 3 is 2.48 bits per heavy atom. The number of hydrogen-bond acceptors (Lipinski definition) is 3. The molecule has 0 radical (unpaired) electrons. The summed E-state index contributed by atoms with van der Waals surface area (Å²) in [7, 11) is 0. The third kappa shape index (κ3) is 3.90. The Bertz CT molecular complexity index is 654. The zero-order chi connectivity index (χ0) is 16.2. The fourth-order valence-corrected chi connectivity index (χ4v) is 2.72. The molecule has 120 valence electrons. The number of carbonyl (C=O) groups excluding carboxylic acids is 1. The maximum atomic E-state index is 12.4. The molecule has 1 heterocycles. The first-order valence-electron chi connectivity index (χ1n) is 7.85. The van der Waals surface area contributed by atoms with Crippen molar-refractivity contribution < 1.29 is 14.3 Å². The van der Waals surface area contributed by atoms with Crippen LogP contribution < -0.4 is 4.74 Å². The van der Waals surface area contributed by atoms with Crippen LogP contribution in [-0.2, 0) is 4.74 Å². The monoisotopic (exact) mass is 311 g/mol. The molecule has 0 saturated carbocycles. The highest BCUT2D eigenvalue weighted by Crippen LogP contribution is 2.26. The van der Waals surface area contributed by atoms with E-state index in [-0.39, 0.29) is 18.3 Å². The van der Waals surface area contributed by atoms with Gasteiger partial charge in [0.2, 0.25) is 0 Å². The highest BCUT2D eigenvalue weighted by Gasteiger charge is 2.30. The molecular weight excluding hydrogens is 290 g/mol. The number of nitrogens with zero attached hydrogens (tertiary/aromatic N) is 1. The van der Waals surface area contributed by atoms with E-state index in [1.807, 2.05) is 25.1 Å². The van der Waals surface area contributed by atoms with Crippen LogP contribution in [-0.4, -0.2) is 30.2 Å². The predicted octanol–water partition coefficient (Wildman–Crippen LogP) is 3.96. The van der Waals surface area contributed by atoms with Crippen LogP contribution in [0.2, 0.25) is 0 Å². The van der Waals surface area contributed by atoms with Crippen LogP contribution in [0.4, 0.5) is 4.79 Å². The number of para-hydroxylation sites is 1. The van der Waals surface area contributed by atoms with E-state index in [4.69, 9.17) is 9.47 Å². The summed E-state index contributed by atoms with van der Waals surface area (Å²) in [6, 6.07) is 17.4. The summed E-state index contributed by atoms with van der Waals surface area (Å²) >= 11 is 0. The highest BCUT2D eigenvalue weighted by molar-refractivity contribution is 5.70. The number of ether oxygens (including phenoxy) is 2. The minimum absolute atomic E-state index is 0.0293. The van der Waals surface area contributed by atoms with Gasteiger partial charge in [-0.15, -0.1) is 0 Å². The van der Waals surface area contributed by atoms with Crippen molar-refractivity contribution in [2.45, 2.75) is 26.1 Å². The fourth-order valence-electron chi connectivity index (χ4n) is 2.72. The standard InChI is InChI=1S/C19H21NO3/c1-14-8-10-16(11-9-14)18-13-20(12-15(2)22-18)19(21)23-17-6-4-3-5-7-17/h3-11,15,18H,12-13H2,1-2H3. The second-order valence-corrected chi connectivity index (χ2v) is 5.93. The van der Waals surface area contributed by atoms with Crippen LogP contribution in [0.5, 0.6) is 5.75 Å². The number of aryl methyl sites for hydroxylation is 1. The van der Waals surface area contributed by atoms with Gasteiger partial charge in [-0.2, -0.15) is 0 Å². The van der Waals surface area contributed by atoms with Crippen LogP contribution in [0.3, 0.4) is 0 Å². The average Bonchev–Trinajstić information content (AvgIpc) is 2.56. The van der Waals surface area contributed by atoms with Gasteiger partial charge in [0, 0.05) is 0 Å². The van der Waals surface area contributed by atoms with E-state index >= 15 is 0 Å². The minimum Gasteiger partial charge on any atom is -0.410 e. The van der Waals surface area contributed by atoms with Crippen LogP contribution in [0.1, 0.15) is 24.2 Å². The van der Waals surface area contributed by atoms with Crippen LogP contribution >= 0.6 is 0 Å². The SMILES string of the molecule is Cc1ccc(C2CN(C(=O)Oc3ccccc3)CC(C)O2)cc1. The van der Waals surface area contributed by atoms with Crippen molar-refractivity contribution in [2.75, 3.05) is 13.1 Å².